The van der Waals surface area contributed by atoms with Gasteiger partial charge in [-0.15, -0.1) is 11.8 Å². The molecule has 0 aliphatic heterocycles. The SMILES string of the molecule is CCNC(C)c1ccc(SCc2cncc(Br)c2)cc1. The molecule has 2 rings (SSSR count). The van der Waals surface area contributed by atoms with E-state index in [0.717, 1.165) is 16.8 Å². The lowest BCUT2D eigenvalue weighted by molar-refractivity contribution is 0.598. The maximum Gasteiger partial charge on any atom is 0.0410 e. The van der Waals surface area contributed by atoms with Crippen LogP contribution in [0.5, 0.6) is 0 Å². The fourth-order valence-electron chi connectivity index (χ4n) is 1.98. The van der Waals surface area contributed by atoms with Crippen LogP contribution >= 0.6 is 27.7 Å². The van der Waals surface area contributed by atoms with Crippen LogP contribution in [0, 0.1) is 0 Å². The number of hydrogen-bond donors (Lipinski definition) is 1. The average molecular weight is 351 g/mol. The molecule has 0 aliphatic carbocycles. The fraction of sp³-hybridized carbons (Fsp3) is 0.312. The van der Waals surface area contributed by atoms with Crippen molar-refractivity contribution in [3.63, 3.8) is 0 Å². The molecule has 106 valence electrons. The summed E-state index contributed by atoms with van der Waals surface area (Å²) in [6, 6.07) is 11.3. The third kappa shape index (κ3) is 4.62. The molecule has 1 aromatic carbocycles. The van der Waals surface area contributed by atoms with Crippen molar-refractivity contribution >= 4 is 27.7 Å². The number of rotatable bonds is 6. The molecule has 0 radical (unpaired) electrons. The van der Waals surface area contributed by atoms with Crippen molar-refractivity contribution in [2.45, 2.75) is 30.5 Å². The fourth-order valence-corrected chi connectivity index (χ4v) is 3.21. The molecule has 1 aromatic heterocycles. The molecule has 0 spiro atoms. The van der Waals surface area contributed by atoms with Crippen molar-refractivity contribution in [1.29, 1.82) is 0 Å². The van der Waals surface area contributed by atoms with E-state index < -0.39 is 0 Å². The van der Waals surface area contributed by atoms with Gasteiger partial charge in [-0.25, -0.2) is 0 Å². The van der Waals surface area contributed by atoms with Crippen molar-refractivity contribution in [3.05, 3.63) is 58.3 Å². The van der Waals surface area contributed by atoms with E-state index in [1.54, 1.807) is 0 Å². The molecule has 0 aliphatic rings. The highest BCUT2D eigenvalue weighted by Gasteiger charge is 2.03. The zero-order chi connectivity index (χ0) is 14.4. The molecular formula is C16H19BrN2S. The first-order valence-electron chi connectivity index (χ1n) is 6.74. The van der Waals surface area contributed by atoms with Gasteiger partial charge in [0.05, 0.1) is 0 Å². The Labute approximate surface area is 133 Å². The summed E-state index contributed by atoms with van der Waals surface area (Å²) in [6.45, 7) is 5.32. The lowest BCUT2D eigenvalue weighted by Crippen LogP contribution is -2.17. The Bertz CT molecular complexity index is 542. The molecule has 2 nitrogen and oxygen atoms in total. The minimum absolute atomic E-state index is 0.410. The predicted octanol–water partition coefficient (Wildman–Crippen LogP) is 4.81. The first-order valence-corrected chi connectivity index (χ1v) is 8.52. The number of nitrogens with zero attached hydrogens (tertiary/aromatic N) is 1. The highest BCUT2D eigenvalue weighted by molar-refractivity contribution is 9.10. The first kappa shape index (κ1) is 15.5. The third-order valence-corrected chi connectivity index (χ3v) is 4.57. The highest BCUT2D eigenvalue weighted by atomic mass is 79.9. The molecule has 0 fully saturated rings. The van der Waals surface area contributed by atoms with Crippen molar-refractivity contribution in [3.8, 4) is 0 Å². The molecule has 1 N–H and O–H groups in total. The van der Waals surface area contributed by atoms with Gasteiger partial charge in [0.1, 0.15) is 0 Å². The van der Waals surface area contributed by atoms with Crippen LogP contribution in [-0.4, -0.2) is 11.5 Å². The maximum absolute atomic E-state index is 4.19. The summed E-state index contributed by atoms with van der Waals surface area (Å²) in [5.74, 6) is 0.939. The van der Waals surface area contributed by atoms with Crippen LogP contribution in [0.3, 0.4) is 0 Å². The van der Waals surface area contributed by atoms with Gasteiger partial charge in [0.2, 0.25) is 0 Å². The summed E-state index contributed by atoms with van der Waals surface area (Å²) in [5, 5.41) is 3.43. The summed E-state index contributed by atoms with van der Waals surface area (Å²) in [7, 11) is 0. The van der Waals surface area contributed by atoms with E-state index in [4.69, 9.17) is 0 Å². The Hall–Kier alpha value is -0.840. The molecule has 1 heterocycles. The minimum Gasteiger partial charge on any atom is -0.310 e. The molecule has 20 heavy (non-hydrogen) atoms. The molecule has 1 atom stereocenters. The summed E-state index contributed by atoms with van der Waals surface area (Å²) in [5.41, 5.74) is 2.56. The zero-order valence-corrected chi connectivity index (χ0v) is 14.2. The predicted molar refractivity (Wildman–Crippen MR) is 90.0 cm³/mol. The normalized spacial score (nSPS) is 12.3. The molecule has 2 aromatic rings. The quantitative estimate of drug-likeness (QED) is 0.757. The number of aromatic nitrogens is 1. The van der Waals surface area contributed by atoms with Gasteiger partial charge in [0.15, 0.2) is 0 Å². The Morgan fingerprint density at radius 1 is 1.25 bits per heavy atom. The van der Waals surface area contributed by atoms with Gasteiger partial charge in [-0.05, 0) is 58.7 Å². The highest BCUT2D eigenvalue weighted by Crippen LogP contribution is 2.25. The van der Waals surface area contributed by atoms with E-state index in [1.807, 2.05) is 24.2 Å². The molecular weight excluding hydrogens is 332 g/mol. The Morgan fingerprint density at radius 2 is 2.00 bits per heavy atom. The first-order chi connectivity index (χ1) is 9.69. The van der Waals surface area contributed by atoms with Crippen LogP contribution < -0.4 is 5.32 Å². The van der Waals surface area contributed by atoms with Crippen molar-refractivity contribution in [2.75, 3.05) is 6.54 Å². The van der Waals surface area contributed by atoms with Crippen molar-refractivity contribution in [1.82, 2.24) is 10.3 Å². The molecule has 4 heteroatoms. The number of hydrogen-bond acceptors (Lipinski definition) is 3. The van der Waals surface area contributed by atoms with Gasteiger partial charge < -0.3 is 5.32 Å². The van der Waals surface area contributed by atoms with Crippen LogP contribution in [0.25, 0.3) is 0 Å². The molecule has 0 amide bonds. The lowest BCUT2D eigenvalue weighted by atomic mass is 10.1. The Morgan fingerprint density at radius 3 is 2.65 bits per heavy atom. The molecule has 0 saturated carbocycles. The largest absolute Gasteiger partial charge is 0.310 e. The van der Waals surface area contributed by atoms with Gasteiger partial charge in [-0.1, -0.05) is 19.1 Å². The smallest absolute Gasteiger partial charge is 0.0410 e. The molecule has 0 bridgehead atoms. The number of pyridine rings is 1. The zero-order valence-electron chi connectivity index (χ0n) is 11.8. The average Bonchev–Trinajstić information content (AvgIpc) is 2.46. The third-order valence-electron chi connectivity index (χ3n) is 3.06. The molecule has 1 unspecified atom stereocenters. The summed E-state index contributed by atoms with van der Waals surface area (Å²) in [6.07, 6.45) is 3.73. The second-order valence-electron chi connectivity index (χ2n) is 4.65. The Kier molecular flexibility index (Phi) is 6.07. The minimum atomic E-state index is 0.410. The van der Waals surface area contributed by atoms with E-state index >= 15 is 0 Å². The van der Waals surface area contributed by atoms with E-state index in [-0.39, 0.29) is 0 Å². The second kappa shape index (κ2) is 7.81. The number of thioether (sulfide) groups is 1. The molecule has 0 saturated heterocycles. The second-order valence-corrected chi connectivity index (χ2v) is 6.61. The Balaban J connectivity index is 1.94. The number of nitrogens with one attached hydrogen (secondary N) is 1. The van der Waals surface area contributed by atoms with Crippen LogP contribution in [0.4, 0.5) is 0 Å². The monoisotopic (exact) mass is 350 g/mol. The van der Waals surface area contributed by atoms with Gasteiger partial charge in [-0.2, -0.15) is 0 Å². The van der Waals surface area contributed by atoms with Crippen molar-refractivity contribution in [2.24, 2.45) is 0 Å². The summed E-state index contributed by atoms with van der Waals surface area (Å²) < 4.78 is 1.03. The van der Waals surface area contributed by atoms with Gasteiger partial charge in [0, 0.05) is 33.6 Å². The lowest BCUT2D eigenvalue weighted by Gasteiger charge is -2.13. The van der Waals surface area contributed by atoms with Crippen LogP contribution in [0.2, 0.25) is 0 Å². The number of benzene rings is 1. The van der Waals surface area contributed by atoms with E-state index in [1.165, 1.54) is 16.0 Å². The van der Waals surface area contributed by atoms with Gasteiger partial charge in [0.25, 0.3) is 0 Å². The van der Waals surface area contributed by atoms with Crippen molar-refractivity contribution < 1.29 is 0 Å². The standard InChI is InChI=1S/C16H19BrN2S/c1-3-19-12(2)14-4-6-16(7-5-14)20-11-13-8-15(17)10-18-9-13/h4-10,12,19H,3,11H2,1-2H3. The van der Waals surface area contributed by atoms with E-state index in [9.17, 15) is 0 Å². The van der Waals surface area contributed by atoms with Crippen LogP contribution in [0.1, 0.15) is 31.0 Å². The summed E-state index contributed by atoms with van der Waals surface area (Å²) >= 11 is 5.28. The topological polar surface area (TPSA) is 24.9 Å². The van der Waals surface area contributed by atoms with E-state index in [2.05, 4.69) is 70.4 Å². The number of halogens is 1. The maximum atomic E-state index is 4.19. The van der Waals surface area contributed by atoms with Crippen LogP contribution in [0.15, 0.2) is 52.1 Å². The van der Waals surface area contributed by atoms with Gasteiger partial charge in [-0.3, -0.25) is 4.98 Å². The van der Waals surface area contributed by atoms with E-state index in [0.29, 0.717) is 6.04 Å². The summed E-state index contributed by atoms with van der Waals surface area (Å²) in [4.78, 5) is 5.48. The van der Waals surface area contributed by atoms with Crippen LogP contribution in [-0.2, 0) is 5.75 Å². The van der Waals surface area contributed by atoms with Gasteiger partial charge >= 0.3 is 0 Å².